The third-order valence-corrected chi connectivity index (χ3v) is 2.61. The van der Waals surface area contributed by atoms with Gasteiger partial charge in [-0.05, 0) is 43.9 Å². The van der Waals surface area contributed by atoms with Crippen LogP contribution in [0, 0.1) is 5.82 Å². The fourth-order valence-electron chi connectivity index (χ4n) is 1.34. The van der Waals surface area contributed by atoms with Gasteiger partial charge in [0, 0.05) is 10.5 Å². The molecule has 1 rings (SSSR count). The Morgan fingerprint density at radius 1 is 1.50 bits per heavy atom. The van der Waals surface area contributed by atoms with Gasteiger partial charge in [0.15, 0.2) is 0 Å². The van der Waals surface area contributed by atoms with Crippen molar-refractivity contribution >= 4 is 15.9 Å². The van der Waals surface area contributed by atoms with Gasteiger partial charge < -0.3 is 5.73 Å². The van der Waals surface area contributed by atoms with Crippen molar-refractivity contribution in [2.45, 2.75) is 32.2 Å². The van der Waals surface area contributed by atoms with E-state index in [4.69, 9.17) is 5.73 Å². The molecule has 0 aliphatic rings. The van der Waals surface area contributed by atoms with Gasteiger partial charge >= 0.3 is 0 Å². The van der Waals surface area contributed by atoms with Gasteiger partial charge in [-0.2, -0.15) is 0 Å². The third kappa shape index (κ3) is 3.76. The van der Waals surface area contributed by atoms with E-state index >= 15 is 0 Å². The van der Waals surface area contributed by atoms with Crippen LogP contribution in [-0.2, 0) is 6.42 Å². The summed E-state index contributed by atoms with van der Waals surface area (Å²) in [5.41, 5.74) is 6.39. The van der Waals surface area contributed by atoms with Crippen LogP contribution < -0.4 is 5.73 Å². The molecule has 2 N–H and O–H groups in total. The second-order valence-corrected chi connectivity index (χ2v) is 4.52. The molecule has 0 aliphatic heterocycles. The lowest BCUT2D eigenvalue weighted by Crippen LogP contribution is -2.14. The topological polar surface area (TPSA) is 26.0 Å². The minimum atomic E-state index is -0.135. The Kier molecular flexibility index (Phi) is 4.55. The van der Waals surface area contributed by atoms with Gasteiger partial charge in [0.2, 0.25) is 0 Å². The molecule has 0 fully saturated rings. The molecule has 0 saturated heterocycles. The predicted octanol–water partition coefficient (Wildman–Crippen LogP) is 3.26. The van der Waals surface area contributed by atoms with Crippen LogP contribution in [0.1, 0.15) is 25.3 Å². The van der Waals surface area contributed by atoms with E-state index in [2.05, 4.69) is 15.9 Å². The summed E-state index contributed by atoms with van der Waals surface area (Å²) in [4.78, 5) is 0. The van der Waals surface area contributed by atoms with Crippen LogP contribution in [0.15, 0.2) is 22.7 Å². The molecule has 0 aliphatic carbocycles. The van der Waals surface area contributed by atoms with E-state index in [1.54, 1.807) is 0 Å². The van der Waals surface area contributed by atoms with Crippen molar-refractivity contribution < 1.29 is 4.39 Å². The summed E-state index contributed by atoms with van der Waals surface area (Å²) in [7, 11) is 0. The van der Waals surface area contributed by atoms with E-state index in [9.17, 15) is 4.39 Å². The molecule has 1 aromatic rings. The summed E-state index contributed by atoms with van der Waals surface area (Å²) in [5.74, 6) is -0.135. The van der Waals surface area contributed by atoms with Crippen molar-refractivity contribution in [2.24, 2.45) is 5.73 Å². The first kappa shape index (κ1) is 11.7. The average Bonchev–Trinajstić information content (AvgIpc) is 2.08. The molecule has 78 valence electrons. The molecule has 1 unspecified atom stereocenters. The van der Waals surface area contributed by atoms with E-state index in [0.29, 0.717) is 0 Å². The average molecular weight is 260 g/mol. The molecule has 1 atom stereocenters. The first-order valence-electron chi connectivity index (χ1n) is 4.79. The summed E-state index contributed by atoms with van der Waals surface area (Å²) < 4.78 is 14.1. The summed E-state index contributed by atoms with van der Waals surface area (Å²) in [6.45, 7) is 1.97. The lowest BCUT2D eigenvalue weighted by atomic mass is 10.1. The van der Waals surface area contributed by atoms with Crippen molar-refractivity contribution in [1.82, 2.24) is 0 Å². The van der Waals surface area contributed by atoms with Crippen LogP contribution >= 0.6 is 15.9 Å². The van der Waals surface area contributed by atoms with Crippen LogP contribution in [-0.4, -0.2) is 6.04 Å². The maximum Gasteiger partial charge on any atom is 0.127 e. The Labute approximate surface area is 92.6 Å². The third-order valence-electron chi connectivity index (χ3n) is 2.12. The van der Waals surface area contributed by atoms with Gasteiger partial charge in [0.25, 0.3) is 0 Å². The van der Waals surface area contributed by atoms with E-state index in [-0.39, 0.29) is 11.9 Å². The number of halogens is 2. The van der Waals surface area contributed by atoms with Crippen LogP contribution in [0.25, 0.3) is 0 Å². The monoisotopic (exact) mass is 259 g/mol. The summed E-state index contributed by atoms with van der Waals surface area (Å²) in [6, 6.07) is 5.39. The smallest absolute Gasteiger partial charge is 0.127 e. The standard InChI is InChI=1S/C11H15BrFN/c1-8(14)3-2-4-9-5-6-10(12)7-11(9)13/h5-8H,2-4,14H2,1H3. The Balaban J connectivity index is 2.51. The number of nitrogens with two attached hydrogens (primary N) is 1. The van der Waals surface area contributed by atoms with Crippen molar-refractivity contribution in [2.75, 3.05) is 0 Å². The number of rotatable bonds is 4. The highest BCUT2D eigenvalue weighted by Crippen LogP contribution is 2.17. The summed E-state index contributed by atoms with van der Waals surface area (Å²) >= 11 is 3.23. The second-order valence-electron chi connectivity index (χ2n) is 3.61. The minimum Gasteiger partial charge on any atom is -0.328 e. The van der Waals surface area contributed by atoms with Gasteiger partial charge in [-0.1, -0.05) is 22.0 Å². The molecule has 1 aromatic carbocycles. The maximum absolute atomic E-state index is 13.3. The maximum atomic E-state index is 13.3. The van der Waals surface area contributed by atoms with Gasteiger partial charge in [-0.25, -0.2) is 4.39 Å². The molecule has 0 aromatic heterocycles. The van der Waals surface area contributed by atoms with Gasteiger partial charge in [-0.3, -0.25) is 0 Å². The predicted molar refractivity (Wildman–Crippen MR) is 60.7 cm³/mol. The highest BCUT2D eigenvalue weighted by atomic mass is 79.9. The van der Waals surface area contributed by atoms with Crippen LogP contribution in [0.3, 0.4) is 0 Å². The SMILES string of the molecule is CC(N)CCCc1ccc(Br)cc1F. The first-order valence-corrected chi connectivity index (χ1v) is 5.58. The largest absolute Gasteiger partial charge is 0.328 e. The van der Waals surface area contributed by atoms with Crippen molar-refractivity contribution in [3.63, 3.8) is 0 Å². The molecule has 3 heteroatoms. The first-order chi connectivity index (χ1) is 6.59. The molecular weight excluding hydrogens is 245 g/mol. The van der Waals surface area contributed by atoms with Crippen LogP contribution in [0.4, 0.5) is 4.39 Å². The highest BCUT2D eigenvalue weighted by molar-refractivity contribution is 9.10. The molecule has 0 bridgehead atoms. The van der Waals surface area contributed by atoms with E-state index in [0.717, 1.165) is 29.3 Å². The molecular formula is C11H15BrFN. The minimum absolute atomic E-state index is 0.135. The normalized spacial score (nSPS) is 12.9. The number of aryl methyl sites for hydroxylation is 1. The number of hydrogen-bond acceptors (Lipinski definition) is 1. The summed E-state index contributed by atoms with van der Waals surface area (Å²) in [5, 5.41) is 0. The van der Waals surface area contributed by atoms with Gasteiger partial charge in [-0.15, -0.1) is 0 Å². The fraction of sp³-hybridized carbons (Fsp3) is 0.455. The Hall–Kier alpha value is -0.410. The molecule has 0 heterocycles. The molecule has 0 saturated carbocycles. The second kappa shape index (κ2) is 5.47. The zero-order chi connectivity index (χ0) is 10.6. The molecule has 0 spiro atoms. The fourth-order valence-corrected chi connectivity index (χ4v) is 1.67. The van der Waals surface area contributed by atoms with Crippen molar-refractivity contribution in [3.05, 3.63) is 34.1 Å². The van der Waals surface area contributed by atoms with Crippen LogP contribution in [0.5, 0.6) is 0 Å². The molecule has 0 radical (unpaired) electrons. The number of benzene rings is 1. The van der Waals surface area contributed by atoms with E-state index in [1.165, 1.54) is 6.07 Å². The van der Waals surface area contributed by atoms with Crippen molar-refractivity contribution in [1.29, 1.82) is 0 Å². The Morgan fingerprint density at radius 3 is 2.79 bits per heavy atom. The quantitative estimate of drug-likeness (QED) is 0.883. The Bertz CT molecular complexity index is 299. The van der Waals surface area contributed by atoms with Crippen molar-refractivity contribution in [3.8, 4) is 0 Å². The van der Waals surface area contributed by atoms with Crippen LogP contribution in [0.2, 0.25) is 0 Å². The van der Waals surface area contributed by atoms with Gasteiger partial charge in [0.1, 0.15) is 5.82 Å². The number of hydrogen-bond donors (Lipinski definition) is 1. The molecule has 1 nitrogen and oxygen atoms in total. The van der Waals surface area contributed by atoms with E-state index < -0.39 is 0 Å². The zero-order valence-electron chi connectivity index (χ0n) is 8.26. The molecule has 14 heavy (non-hydrogen) atoms. The lowest BCUT2D eigenvalue weighted by Gasteiger charge is -2.05. The lowest BCUT2D eigenvalue weighted by molar-refractivity contribution is 0.582. The zero-order valence-corrected chi connectivity index (χ0v) is 9.85. The van der Waals surface area contributed by atoms with E-state index in [1.807, 2.05) is 19.1 Å². The van der Waals surface area contributed by atoms with Gasteiger partial charge in [0.05, 0.1) is 0 Å². The Morgan fingerprint density at radius 2 is 2.21 bits per heavy atom. The molecule has 0 amide bonds. The summed E-state index contributed by atoms with van der Waals surface area (Å²) in [6.07, 6.45) is 2.65. The highest BCUT2D eigenvalue weighted by Gasteiger charge is 2.03.